The van der Waals surface area contributed by atoms with Crippen LogP contribution in [-0.2, 0) is 4.79 Å². The van der Waals surface area contributed by atoms with Crippen LogP contribution in [0.2, 0.25) is 0 Å². The molecule has 3 heterocycles. The Morgan fingerprint density at radius 1 is 1.16 bits per heavy atom. The van der Waals surface area contributed by atoms with Crippen molar-refractivity contribution >= 4 is 23.2 Å². The predicted octanol–water partition coefficient (Wildman–Crippen LogP) is 5.22. The van der Waals surface area contributed by atoms with Gasteiger partial charge < -0.3 is 20.5 Å². The molecule has 12 heteroatoms. The van der Waals surface area contributed by atoms with E-state index < -0.39 is 11.7 Å². The van der Waals surface area contributed by atoms with E-state index in [9.17, 15) is 14.3 Å². The van der Waals surface area contributed by atoms with Gasteiger partial charge >= 0.3 is 0 Å². The third-order valence-electron chi connectivity index (χ3n) is 8.65. The molecule has 1 saturated carbocycles. The summed E-state index contributed by atoms with van der Waals surface area (Å²) in [5, 5.41) is 19.5. The molecular weight excluding hydrogens is 565 g/mol. The van der Waals surface area contributed by atoms with Gasteiger partial charge in [0.15, 0.2) is 11.5 Å². The van der Waals surface area contributed by atoms with Crippen LogP contribution in [0.3, 0.4) is 0 Å². The van der Waals surface area contributed by atoms with Crippen LogP contribution in [0.15, 0.2) is 48.8 Å². The summed E-state index contributed by atoms with van der Waals surface area (Å²) >= 11 is 0. The maximum absolute atomic E-state index is 14.9. The molecule has 5 N–H and O–H groups in total. The third kappa shape index (κ3) is 5.64. The first-order chi connectivity index (χ1) is 21.4. The lowest BCUT2D eigenvalue weighted by Gasteiger charge is -2.31. The second-order valence-corrected chi connectivity index (χ2v) is 11.5. The number of carbonyl (C=O) groups is 1. The minimum absolute atomic E-state index is 0.0535. The zero-order valence-corrected chi connectivity index (χ0v) is 24.1. The van der Waals surface area contributed by atoms with Crippen molar-refractivity contribution in [2.45, 2.75) is 57.0 Å². The number of phenols is 1. The van der Waals surface area contributed by atoms with Crippen molar-refractivity contribution in [3.05, 3.63) is 66.0 Å². The van der Waals surface area contributed by atoms with Crippen LogP contribution < -0.4 is 20.9 Å². The van der Waals surface area contributed by atoms with Crippen molar-refractivity contribution in [2.24, 2.45) is 11.7 Å². The van der Waals surface area contributed by atoms with Crippen molar-refractivity contribution < 1.29 is 24.2 Å². The minimum atomic E-state index is -0.635. The second kappa shape index (κ2) is 12.5. The Balaban J connectivity index is 1.31. The third-order valence-corrected chi connectivity index (χ3v) is 8.65. The lowest BCUT2D eigenvalue weighted by Crippen LogP contribution is -2.42. The Bertz CT molecular complexity index is 1730. The Labute approximate surface area is 253 Å². The standard InChI is InChI=1S/C32H34FN7O4/c1-35-25-9-7-20(15-23(25)33)30-29(19-8-10-27(26(41)16-19)44-13-5-3-2-4-6-28(42)38-43)31-36-11-12-39(31)32(37-30)40-18-21-14-22(40)17-24(21)34/h7-12,15-16,21-22,24,41,43H,2-6,13-14,17-18,34H2,(H,38,42). The number of anilines is 1. The number of benzene rings is 2. The van der Waals surface area contributed by atoms with Gasteiger partial charge in [-0.25, -0.2) is 24.7 Å². The molecular formula is C32H34FN7O4. The fourth-order valence-electron chi connectivity index (χ4n) is 6.40. The van der Waals surface area contributed by atoms with Gasteiger partial charge in [-0.2, -0.15) is 0 Å². The number of rotatable bonds is 11. The number of unbranched alkanes of at least 4 members (excludes halogenated alkanes) is 3. The molecule has 4 aromatic rings. The molecule has 2 bridgehead atoms. The summed E-state index contributed by atoms with van der Waals surface area (Å²) in [7, 11) is 0. The average Bonchev–Trinajstić information content (AvgIpc) is 3.76. The number of amides is 1. The van der Waals surface area contributed by atoms with Crippen LogP contribution in [0.5, 0.6) is 11.5 Å². The summed E-state index contributed by atoms with van der Waals surface area (Å²) in [6, 6.07) is 9.99. The quantitative estimate of drug-likeness (QED) is 0.0796. The van der Waals surface area contributed by atoms with Gasteiger partial charge in [0.25, 0.3) is 0 Å². The fourth-order valence-corrected chi connectivity index (χ4v) is 6.40. The number of imidazole rings is 1. The predicted molar refractivity (Wildman–Crippen MR) is 162 cm³/mol. The van der Waals surface area contributed by atoms with E-state index in [1.165, 1.54) is 12.1 Å². The minimum Gasteiger partial charge on any atom is -0.504 e. The molecule has 3 atom stereocenters. The Kier molecular flexibility index (Phi) is 8.32. The molecule has 0 radical (unpaired) electrons. The van der Waals surface area contributed by atoms with E-state index in [1.54, 1.807) is 29.9 Å². The molecule has 2 aliphatic rings. The monoisotopic (exact) mass is 599 g/mol. The number of nitrogens with two attached hydrogens (primary N) is 1. The van der Waals surface area contributed by atoms with Gasteiger partial charge in [-0.15, -0.1) is 0 Å². The fraction of sp³-hybridized carbons (Fsp3) is 0.375. The first-order valence-corrected chi connectivity index (χ1v) is 14.8. The highest BCUT2D eigenvalue weighted by molar-refractivity contribution is 5.92. The molecule has 1 saturated heterocycles. The van der Waals surface area contributed by atoms with E-state index in [0.29, 0.717) is 58.7 Å². The lowest BCUT2D eigenvalue weighted by atomic mass is 9.99. The van der Waals surface area contributed by atoms with Crippen LogP contribution >= 0.6 is 0 Å². The number of hydrogen-bond donors (Lipinski definition) is 4. The van der Waals surface area contributed by atoms with E-state index in [4.69, 9.17) is 27.2 Å². The molecule has 2 aromatic carbocycles. The number of piperidine rings is 1. The van der Waals surface area contributed by atoms with Gasteiger partial charge in [-0.3, -0.25) is 14.4 Å². The first kappa shape index (κ1) is 29.3. The Hall–Kier alpha value is -4.73. The summed E-state index contributed by atoms with van der Waals surface area (Å²) in [6.45, 7) is 8.43. The summed E-state index contributed by atoms with van der Waals surface area (Å²) < 4.78 is 22.7. The summed E-state index contributed by atoms with van der Waals surface area (Å²) in [5.41, 5.74) is 10.7. The van der Waals surface area contributed by atoms with Gasteiger partial charge in [0, 0.05) is 43.0 Å². The number of fused-ring (bicyclic) bond motifs is 3. The van der Waals surface area contributed by atoms with Crippen LogP contribution in [-0.4, -0.2) is 55.8 Å². The zero-order valence-electron chi connectivity index (χ0n) is 24.1. The Morgan fingerprint density at radius 3 is 2.68 bits per heavy atom. The van der Waals surface area contributed by atoms with Crippen molar-refractivity contribution in [3.8, 4) is 33.9 Å². The van der Waals surface area contributed by atoms with Crippen LogP contribution in [0.4, 0.5) is 16.0 Å². The number of hydrogen-bond acceptors (Lipinski definition) is 8. The summed E-state index contributed by atoms with van der Waals surface area (Å²) in [6.07, 6.45) is 8.76. The number of aromatic nitrogens is 3. The molecule has 1 aliphatic heterocycles. The van der Waals surface area contributed by atoms with E-state index in [1.807, 2.05) is 16.7 Å². The van der Waals surface area contributed by atoms with Gasteiger partial charge in [0.2, 0.25) is 17.5 Å². The number of nitrogens with one attached hydrogen (secondary N) is 1. The van der Waals surface area contributed by atoms with E-state index in [2.05, 4.69) is 14.7 Å². The average molecular weight is 600 g/mol. The highest BCUT2D eigenvalue weighted by atomic mass is 19.1. The highest BCUT2D eigenvalue weighted by Gasteiger charge is 2.44. The van der Waals surface area contributed by atoms with E-state index in [0.717, 1.165) is 38.6 Å². The van der Waals surface area contributed by atoms with Crippen molar-refractivity contribution in [1.29, 1.82) is 0 Å². The molecule has 6 rings (SSSR count). The molecule has 11 nitrogen and oxygen atoms in total. The van der Waals surface area contributed by atoms with Crippen molar-refractivity contribution in [1.82, 2.24) is 19.8 Å². The van der Waals surface area contributed by atoms with Crippen LogP contribution in [0, 0.1) is 18.3 Å². The second-order valence-electron chi connectivity index (χ2n) is 11.5. The number of carbonyl (C=O) groups excluding carboxylic acids is 1. The summed E-state index contributed by atoms with van der Waals surface area (Å²) in [5.74, 6) is 0.329. The van der Waals surface area contributed by atoms with Gasteiger partial charge in [-0.05, 0) is 55.4 Å². The maximum Gasteiger partial charge on any atom is 0.243 e. The molecule has 0 spiro atoms. The van der Waals surface area contributed by atoms with Crippen LogP contribution in [0.25, 0.3) is 32.9 Å². The largest absolute Gasteiger partial charge is 0.504 e. The highest BCUT2D eigenvalue weighted by Crippen LogP contribution is 2.43. The molecule has 2 fully saturated rings. The Morgan fingerprint density at radius 2 is 1.98 bits per heavy atom. The summed E-state index contributed by atoms with van der Waals surface area (Å²) in [4.78, 5) is 26.4. The van der Waals surface area contributed by atoms with Crippen LogP contribution in [0.1, 0.15) is 44.9 Å². The number of aromatic hydroxyl groups is 1. The van der Waals surface area contributed by atoms with E-state index in [-0.39, 0.29) is 29.9 Å². The zero-order chi connectivity index (χ0) is 30.8. The molecule has 1 aliphatic carbocycles. The normalized spacial score (nSPS) is 19.0. The SMILES string of the molecule is [C-]#[N+]c1ccc(-c2nc(N3CC4CC3CC4N)n3ccnc3c2-c2ccc(OCCCCCCC(=O)NO)c(O)c2)cc1F. The number of halogens is 1. The van der Waals surface area contributed by atoms with E-state index >= 15 is 0 Å². The van der Waals surface area contributed by atoms with Gasteiger partial charge in [0.1, 0.15) is 11.5 Å². The number of nitrogens with zero attached hydrogens (tertiary/aromatic N) is 5. The maximum atomic E-state index is 14.9. The lowest BCUT2D eigenvalue weighted by molar-refractivity contribution is -0.129. The number of hydroxylamine groups is 1. The number of ether oxygens (including phenoxy) is 1. The molecule has 1 amide bonds. The molecule has 44 heavy (non-hydrogen) atoms. The van der Waals surface area contributed by atoms with Gasteiger partial charge in [-0.1, -0.05) is 31.0 Å². The topological polar surface area (TPSA) is 143 Å². The number of phenolic OH excluding ortho intramolecular Hbond substituents is 1. The van der Waals surface area contributed by atoms with Crippen molar-refractivity contribution in [2.75, 3.05) is 18.1 Å². The molecule has 3 unspecified atom stereocenters. The van der Waals surface area contributed by atoms with Gasteiger partial charge in [0.05, 0.1) is 24.4 Å². The van der Waals surface area contributed by atoms with Crippen molar-refractivity contribution in [3.63, 3.8) is 0 Å². The smallest absolute Gasteiger partial charge is 0.243 e. The molecule has 2 aromatic heterocycles. The first-order valence-electron chi connectivity index (χ1n) is 14.8. The molecule has 228 valence electrons.